The van der Waals surface area contributed by atoms with Crippen LogP contribution < -0.4 is 25.2 Å². The molecule has 0 radical (unpaired) electrons. The molecule has 3 aromatic rings. The third kappa shape index (κ3) is 7.22. The van der Waals surface area contributed by atoms with Gasteiger partial charge in [-0.3, -0.25) is 14.4 Å². The van der Waals surface area contributed by atoms with Crippen LogP contribution in [-0.2, 0) is 18.8 Å². The molecule has 15 heteroatoms. The van der Waals surface area contributed by atoms with E-state index in [-0.39, 0.29) is 42.9 Å². The molecule has 13 nitrogen and oxygen atoms in total. The van der Waals surface area contributed by atoms with Crippen LogP contribution in [0.1, 0.15) is 77.0 Å². The quantitative estimate of drug-likeness (QED) is 0.0848. The van der Waals surface area contributed by atoms with Gasteiger partial charge in [-0.2, -0.15) is 14.8 Å². The van der Waals surface area contributed by atoms with E-state index in [1.54, 1.807) is 6.33 Å². The van der Waals surface area contributed by atoms with E-state index in [0.29, 0.717) is 42.1 Å². The first-order valence-electron chi connectivity index (χ1n) is 16.2. The first-order valence-corrected chi connectivity index (χ1v) is 18.6. The number of hydrogen-bond donors (Lipinski definition) is 3. The molecule has 2 saturated carbocycles. The molecule has 0 spiro atoms. The van der Waals surface area contributed by atoms with Crippen LogP contribution in [0.4, 0.5) is 11.8 Å². The van der Waals surface area contributed by atoms with Crippen LogP contribution >= 0.6 is 20.5 Å². The fourth-order valence-electron chi connectivity index (χ4n) is 6.29. The molecule has 6 rings (SSSR count). The monoisotopic (exact) mass is 672 g/mol. The lowest BCUT2D eigenvalue weighted by molar-refractivity contribution is -0.160. The number of hydrazine groups is 1. The van der Waals surface area contributed by atoms with Crippen molar-refractivity contribution in [3.8, 4) is 5.75 Å². The Morgan fingerprint density at radius 3 is 2.65 bits per heavy atom. The number of aryl methyl sites for hydroxylation is 1. The second kappa shape index (κ2) is 14.6. The maximum atomic E-state index is 13.4. The topological polar surface area (TPSA) is 151 Å². The Morgan fingerprint density at radius 2 is 1.98 bits per heavy atom. The van der Waals surface area contributed by atoms with Crippen molar-refractivity contribution in [3.05, 3.63) is 36.2 Å². The largest absolute Gasteiger partial charge is 0.461 e. The number of carbonyl (C=O) groups is 1. The number of nitrogen functional groups attached to an aromatic ring is 1. The number of anilines is 2. The number of carbonyl (C=O) groups excluding carboxylic acids is 1. The lowest BCUT2D eigenvalue weighted by atomic mass is 9.78. The molecule has 4 unspecified atom stereocenters. The second-order valence-electron chi connectivity index (χ2n) is 12.4. The van der Waals surface area contributed by atoms with Crippen LogP contribution in [0.25, 0.3) is 11.2 Å². The van der Waals surface area contributed by atoms with Crippen molar-refractivity contribution in [1.82, 2.24) is 29.4 Å². The van der Waals surface area contributed by atoms with E-state index in [9.17, 15) is 4.79 Å². The van der Waals surface area contributed by atoms with E-state index in [1.165, 1.54) is 11.9 Å². The number of aromatic nitrogens is 4. The SMILES string of the molecule is CCN(NSC)c1nc(N)nc2c1ncn2C1OC(COP(NC2(C(=O)OC3CCCC3)CCC2)Oc2ccc(C)cc2)CC1C. The lowest BCUT2D eigenvalue weighted by Gasteiger charge is -2.41. The van der Waals surface area contributed by atoms with Gasteiger partial charge in [-0.1, -0.05) is 36.6 Å². The highest BCUT2D eigenvalue weighted by Gasteiger charge is 2.49. The Kier molecular flexibility index (Phi) is 10.5. The summed E-state index contributed by atoms with van der Waals surface area (Å²) in [7, 11) is -1.68. The van der Waals surface area contributed by atoms with Gasteiger partial charge in [0, 0.05) is 12.5 Å². The second-order valence-corrected chi connectivity index (χ2v) is 14.2. The number of hydrogen-bond acceptors (Lipinski definition) is 13. The van der Waals surface area contributed by atoms with Gasteiger partial charge >= 0.3 is 14.5 Å². The highest BCUT2D eigenvalue weighted by atomic mass is 32.2. The zero-order valence-corrected chi connectivity index (χ0v) is 28.7. The first-order chi connectivity index (χ1) is 22.3. The maximum Gasteiger partial charge on any atom is 0.327 e. The molecule has 1 saturated heterocycles. The molecule has 4 N–H and O–H groups in total. The number of nitrogens with zero attached hydrogens (tertiary/aromatic N) is 5. The fraction of sp³-hybridized carbons (Fsp3) is 0.613. The molecular formula is C31H45N8O5PS. The first kappa shape index (κ1) is 33.2. The van der Waals surface area contributed by atoms with Crippen molar-refractivity contribution >= 4 is 49.4 Å². The van der Waals surface area contributed by atoms with Gasteiger partial charge in [0.2, 0.25) is 5.95 Å². The Bertz CT molecular complexity index is 1490. The van der Waals surface area contributed by atoms with Gasteiger partial charge in [0.15, 0.2) is 17.0 Å². The summed E-state index contributed by atoms with van der Waals surface area (Å²) in [6, 6.07) is 7.84. The number of nitrogens with one attached hydrogen (secondary N) is 2. The number of nitrogens with two attached hydrogens (primary N) is 1. The Balaban J connectivity index is 1.16. The van der Waals surface area contributed by atoms with E-state index >= 15 is 0 Å². The molecule has 1 aliphatic heterocycles. The number of imidazole rings is 1. The highest BCUT2D eigenvalue weighted by molar-refractivity contribution is 7.96. The van der Waals surface area contributed by atoms with Crippen molar-refractivity contribution in [3.63, 3.8) is 0 Å². The minimum Gasteiger partial charge on any atom is -0.461 e. The van der Waals surface area contributed by atoms with E-state index in [0.717, 1.165) is 44.1 Å². The molecule has 0 amide bonds. The molecule has 0 bridgehead atoms. The van der Waals surface area contributed by atoms with Gasteiger partial charge in [-0.05, 0) is 83.6 Å². The van der Waals surface area contributed by atoms with Crippen molar-refractivity contribution < 1.29 is 23.3 Å². The Labute approximate surface area is 275 Å². The molecular weight excluding hydrogens is 627 g/mol. The van der Waals surface area contributed by atoms with Crippen LogP contribution in [0, 0.1) is 12.8 Å². The molecule has 250 valence electrons. The zero-order chi connectivity index (χ0) is 32.3. The summed E-state index contributed by atoms with van der Waals surface area (Å²) in [4.78, 5) is 30.3. The van der Waals surface area contributed by atoms with Crippen LogP contribution in [0.5, 0.6) is 5.75 Å². The Morgan fingerprint density at radius 1 is 1.22 bits per heavy atom. The van der Waals surface area contributed by atoms with Crippen molar-refractivity contribution in [1.29, 1.82) is 0 Å². The van der Waals surface area contributed by atoms with Gasteiger partial charge in [0.05, 0.1) is 19.0 Å². The minimum atomic E-state index is -1.68. The summed E-state index contributed by atoms with van der Waals surface area (Å²) < 4.78 is 27.2. The van der Waals surface area contributed by atoms with Crippen molar-refractivity contribution in [2.75, 3.05) is 30.1 Å². The normalized spacial score (nSPS) is 23.3. The fourth-order valence-corrected chi connectivity index (χ4v) is 8.17. The summed E-state index contributed by atoms with van der Waals surface area (Å²) >= 11 is 1.46. The molecule has 3 aliphatic rings. The van der Waals surface area contributed by atoms with E-state index in [4.69, 9.17) is 24.3 Å². The zero-order valence-electron chi connectivity index (χ0n) is 27.0. The molecule has 4 atom stereocenters. The van der Waals surface area contributed by atoms with Crippen LogP contribution in [0.3, 0.4) is 0 Å². The van der Waals surface area contributed by atoms with Gasteiger partial charge in [-0.15, -0.1) is 0 Å². The maximum absolute atomic E-state index is 13.4. The number of fused-ring (bicyclic) bond motifs is 1. The van der Waals surface area contributed by atoms with Crippen molar-refractivity contribution in [2.24, 2.45) is 5.92 Å². The third-order valence-electron chi connectivity index (χ3n) is 8.99. The molecule has 46 heavy (non-hydrogen) atoms. The van der Waals surface area contributed by atoms with Gasteiger partial charge in [0.1, 0.15) is 23.6 Å². The Hall–Kier alpha value is -2.74. The summed E-state index contributed by atoms with van der Waals surface area (Å²) in [6.45, 7) is 7.15. The van der Waals surface area contributed by atoms with Crippen LogP contribution in [0.15, 0.2) is 30.6 Å². The van der Waals surface area contributed by atoms with Crippen LogP contribution in [0.2, 0.25) is 0 Å². The summed E-state index contributed by atoms with van der Waals surface area (Å²) in [5.74, 6) is 1.41. The molecule has 2 aliphatic carbocycles. The predicted molar refractivity (Wildman–Crippen MR) is 180 cm³/mol. The molecule has 3 fully saturated rings. The summed E-state index contributed by atoms with van der Waals surface area (Å²) in [5, 5.41) is 5.36. The molecule has 1 aromatic carbocycles. The highest BCUT2D eigenvalue weighted by Crippen LogP contribution is 2.46. The standard InChI is InChI=1S/C31H45N8O5PS/c1-5-39(37-46-4)27-25-26(34-30(32)35-27)38(19-33-25)28-21(3)17-24(42-28)18-41-45(44-23-13-11-20(2)12-14-23)36-31(15-8-16-31)29(40)43-22-9-6-7-10-22/h11-14,19,21-22,24,28,36-37H,5-10,15-18H2,1-4H3,(H2,32,34,35). The molecule has 3 heterocycles. The number of ether oxygens (including phenoxy) is 2. The van der Waals surface area contributed by atoms with E-state index in [2.05, 4.69) is 31.8 Å². The van der Waals surface area contributed by atoms with Gasteiger partial charge in [-0.25, -0.2) is 10.1 Å². The number of benzene rings is 1. The smallest absolute Gasteiger partial charge is 0.327 e. The number of rotatable bonds is 14. The van der Waals surface area contributed by atoms with Gasteiger partial charge < -0.3 is 24.3 Å². The van der Waals surface area contributed by atoms with E-state index < -0.39 is 14.1 Å². The average molecular weight is 673 g/mol. The predicted octanol–water partition coefficient (Wildman–Crippen LogP) is 5.57. The summed E-state index contributed by atoms with van der Waals surface area (Å²) in [5.41, 5.74) is 7.74. The minimum absolute atomic E-state index is 0.00467. The third-order valence-corrected chi connectivity index (χ3v) is 10.8. The van der Waals surface area contributed by atoms with Gasteiger partial charge in [0.25, 0.3) is 0 Å². The van der Waals surface area contributed by atoms with E-state index in [1.807, 2.05) is 53.9 Å². The number of esters is 1. The van der Waals surface area contributed by atoms with Crippen molar-refractivity contribution in [2.45, 2.75) is 96.1 Å². The summed E-state index contributed by atoms with van der Waals surface area (Å²) in [6.07, 6.45) is 10.3. The lowest BCUT2D eigenvalue weighted by Crippen LogP contribution is -2.57. The average Bonchev–Trinajstić information content (AvgIpc) is 3.77. The molecule has 2 aromatic heterocycles. The van der Waals surface area contributed by atoms with Crippen LogP contribution in [-0.4, -0.2) is 62.6 Å².